The lowest BCUT2D eigenvalue weighted by molar-refractivity contribution is 0.0924. The molecule has 0 bridgehead atoms. The Morgan fingerprint density at radius 3 is 2.50 bits per heavy atom. The van der Waals surface area contributed by atoms with Gasteiger partial charge in [-0.05, 0) is 72.7 Å². The highest BCUT2D eigenvalue weighted by molar-refractivity contribution is 7.86. The first-order chi connectivity index (χ1) is 16.3. The number of hydrogen-bond donors (Lipinski definition) is 1. The molecule has 1 aliphatic carbocycles. The maximum atomic E-state index is 14.1. The first kappa shape index (κ1) is 25.0. The van der Waals surface area contributed by atoms with E-state index in [4.69, 9.17) is 8.71 Å². The summed E-state index contributed by atoms with van der Waals surface area (Å²) < 4.78 is 49.9. The molecule has 0 spiro atoms. The maximum Gasteiger partial charge on any atom is 0.297 e. The molecule has 180 valence electrons. The second kappa shape index (κ2) is 10.6. The van der Waals surface area contributed by atoms with Crippen LogP contribution >= 0.6 is 9.47 Å². The van der Waals surface area contributed by atoms with Crippen molar-refractivity contribution in [3.63, 3.8) is 0 Å². The van der Waals surface area contributed by atoms with Crippen molar-refractivity contribution < 1.29 is 26.6 Å². The first-order valence-electron chi connectivity index (χ1n) is 11.1. The number of aliphatic hydroxyl groups excluding tert-OH is 1. The molecule has 1 aliphatic rings. The van der Waals surface area contributed by atoms with Gasteiger partial charge in [0.1, 0.15) is 5.82 Å². The summed E-state index contributed by atoms with van der Waals surface area (Å²) in [5, 5.41) is 10.6. The molecule has 0 fully saturated rings. The first-order valence-corrected chi connectivity index (χ1v) is 13.0. The molecule has 0 saturated carbocycles. The Hall–Kier alpha value is -2.15. The van der Waals surface area contributed by atoms with Crippen LogP contribution in [0.25, 0.3) is 0 Å². The molecule has 0 aliphatic heterocycles. The fraction of sp³-hybridized carbons (Fsp3) is 0.308. The minimum Gasteiger partial charge on any atom is -0.391 e. The Balaban J connectivity index is 1.50. The lowest BCUT2D eigenvalue weighted by Crippen LogP contribution is -2.21. The van der Waals surface area contributed by atoms with Crippen LogP contribution < -0.4 is 0 Å². The van der Waals surface area contributed by atoms with Crippen LogP contribution in [0, 0.1) is 12.7 Å². The minimum absolute atomic E-state index is 0.0538. The summed E-state index contributed by atoms with van der Waals surface area (Å²) >= 11 is 0. The zero-order valence-electron chi connectivity index (χ0n) is 18.9. The standard InChI is InChI=1S/C26H28FO5PS/c1-17-6-11-22(12-7-17)34(29,30)31-16-21(28)10-13-24-23-5-3-2-4-18(23)14-19-8-9-20(27)15-25(19)26(24)32-33/h2-9,11-12,15,21,24,26,28H,10,13-14,16,33H2,1H3/t21-,24+,26-/m0/s1. The predicted molar refractivity (Wildman–Crippen MR) is 131 cm³/mol. The van der Waals surface area contributed by atoms with Gasteiger partial charge in [-0.1, -0.05) is 48.0 Å². The van der Waals surface area contributed by atoms with Gasteiger partial charge in [-0.25, -0.2) is 4.39 Å². The monoisotopic (exact) mass is 502 g/mol. The van der Waals surface area contributed by atoms with Crippen LogP contribution in [0.15, 0.2) is 71.6 Å². The average Bonchev–Trinajstić information content (AvgIpc) is 2.95. The Labute approximate surface area is 202 Å². The van der Waals surface area contributed by atoms with Crippen molar-refractivity contribution in [1.29, 1.82) is 0 Å². The van der Waals surface area contributed by atoms with E-state index < -0.39 is 22.3 Å². The van der Waals surface area contributed by atoms with Crippen molar-refractivity contribution in [2.24, 2.45) is 0 Å². The number of fused-ring (bicyclic) bond motifs is 2. The second-order valence-corrected chi connectivity index (χ2v) is 10.6. The highest BCUT2D eigenvalue weighted by Crippen LogP contribution is 2.45. The van der Waals surface area contributed by atoms with Crippen LogP contribution in [0.3, 0.4) is 0 Å². The van der Waals surface area contributed by atoms with Crippen molar-refractivity contribution in [2.75, 3.05) is 6.61 Å². The van der Waals surface area contributed by atoms with Crippen LogP contribution in [0.1, 0.15) is 52.7 Å². The molecule has 4 atom stereocenters. The van der Waals surface area contributed by atoms with Gasteiger partial charge >= 0.3 is 0 Å². The molecule has 1 N–H and O–H groups in total. The Kier molecular flexibility index (Phi) is 7.80. The van der Waals surface area contributed by atoms with Crippen molar-refractivity contribution in [3.8, 4) is 0 Å². The molecule has 0 heterocycles. The molecule has 3 aromatic rings. The zero-order chi connectivity index (χ0) is 24.3. The number of hydrogen-bond acceptors (Lipinski definition) is 5. The average molecular weight is 503 g/mol. The van der Waals surface area contributed by atoms with Gasteiger partial charge in [-0.15, -0.1) is 0 Å². The van der Waals surface area contributed by atoms with Crippen molar-refractivity contribution >= 4 is 19.6 Å². The lowest BCUT2D eigenvalue weighted by Gasteiger charge is -2.27. The summed E-state index contributed by atoms with van der Waals surface area (Å²) in [4.78, 5) is 0.0538. The molecule has 34 heavy (non-hydrogen) atoms. The van der Waals surface area contributed by atoms with E-state index in [9.17, 15) is 17.9 Å². The number of halogens is 1. The van der Waals surface area contributed by atoms with E-state index in [1.54, 1.807) is 18.2 Å². The molecule has 4 rings (SSSR count). The zero-order valence-corrected chi connectivity index (χ0v) is 20.8. The Morgan fingerprint density at radius 2 is 1.76 bits per heavy atom. The summed E-state index contributed by atoms with van der Waals surface area (Å²) in [6.07, 6.45) is 0.0305. The van der Waals surface area contributed by atoms with Crippen LogP contribution in [0.4, 0.5) is 4.39 Å². The molecule has 0 amide bonds. The second-order valence-electron chi connectivity index (χ2n) is 8.66. The third kappa shape index (κ3) is 5.56. The number of rotatable bonds is 8. The van der Waals surface area contributed by atoms with E-state index in [1.165, 1.54) is 24.3 Å². The van der Waals surface area contributed by atoms with Crippen molar-refractivity contribution in [1.82, 2.24) is 0 Å². The smallest absolute Gasteiger partial charge is 0.297 e. The van der Waals surface area contributed by atoms with Gasteiger partial charge in [-0.2, -0.15) is 8.42 Å². The molecule has 0 radical (unpaired) electrons. The highest BCUT2D eigenvalue weighted by Gasteiger charge is 2.32. The molecule has 0 saturated heterocycles. The fourth-order valence-corrected chi connectivity index (χ4v) is 5.78. The van der Waals surface area contributed by atoms with Crippen LogP contribution in [0.5, 0.6) is 0 Å². The van der Waals surface area contributed by atoms with Crippen LogP contribution in [0.2, 0.25) is 0 Å². The molecular weight excluding hydrogens is 474 g/mol. The topological polar surface area (TPSA) is 72.8 Å². The summed E-state index contributed by atoms with van der Waals surface area (Å²) in [7, 11) is -1.67. The largest absolute Gasteiger partial charge is 0.391 e. The van der Waals surface area contributed by atoms with Gasteiger partial charge in [0, 0.05) is 15.4 Å². The van der Waals surface area contributed by atoms with E-state index in [-0.39, 0.29) is 29.7 Å². The maximum absolute atomic E-state index is 14.1. The SMILES string of the molecule is Cc1ccc(S(=O)(=O)OC[C@@H](O)CC[C@@H]2c3ccccc3Cc3ccc(F)cc3[C@H]2OP)cc1. The lowest BCUT2D eigenvalue weighted by atomic mass is 9.85. The van der Waals surface area contributed by atoms with E-state index in [0.717, 1.165) is 27.8 Å². The van der Waals surface area contributed by atoms with Crippen molar-refractivity contribution in [3.05, 3.63) is 100 Å². The quantitative estimate of drug-likeness (QED) is 0.338. The summed E-state index contributed by atoms with van der Waals surface area (Å²) in [6, 6.07) is 19.1. The third-order valence-corrected chi connectivity index (χ3v) is 7.89. The van der Waals surface area contributed by atoms with Gasteiger partial charge in [0.2, 0.25) is 0 Å². The van der Waals surface area contributed by atoms with E-state index in [0.29, 0.717) is 12.8 Å². The number of benzene rings is 3. The van der Waals surface area contributed by atoms with E-state index in [2.05, 4.69) is 9.47 Å². The van der Waals surface area contributed by atoms with Gasteiger partial charge in [0.15, 0.2) is 0 Å². The highest BCUT2D eigenvalue weighted by atomic mass is 32.2. The van der Waals surface area contributed by atoms with Gasteiger partial charge in [0.25, 0.3) is 10.1 Å². The van der Waals surface area contributed by atoms with Crippen LogP contribution in [-0.2, 0) is 25.2 Å². The molecule has 0 aromatic heterocycles. The molecular formula is C26H28FO5PS. The summed E-state index contributed by atoms with van der Waals surface area (Å²) in [5.74, 6) is -0.481. The molecule has 3 aromatic carbocycles. The van der Waals surface area contributed by atoms with E-state index in [1.807, 2.05) is 31.2 Å². The normalized spacial score (nSPS) is 18.6. The van der Waals surface area contributed by atoms with Crippen LogP contribution in [-0.4, -0.2) is 26.2 Å². The summed E-state index contributed by atoms with van der Waals surface area (Å²) in [6.45, 7) is 1.52. The minimum atomic E-state index is -3.96. The number of aryl methyl sites for hydroxylation is 1. The molecule has 1 unspecified atom stereocenters. The third-order valence-electron chi connectivity index (χ3n) is 6.30. The van der Waals surface area contributed by atoms with Gasteiger partial charge in [0.05, 0.1) is 23.7 Å². The molecule has 8 heteroatoms. The summed E-state index contributed by atoms with van der Waals surface area (Å²) in [5.41, 5.74) is 4.92. The van der Waals surface area contributed by atoms with Gasteiger partial charge in [-0.3, -0.25) is 4.18 Å². The fourth-order valence-electron chi connectivity index (χ4n) is 4.50. The predicted octanol–water partition coefficient (Wildman–Crippen LogP) is 5.22. The number of aliphatic hydroxyl groups is 1. The molecule has 5 nitrogen and oxygen atoms in total. The Morgan fingerprint density at radius 1 is 1.06 bits per heavy atom. The van der Waals surface area contributed by atoms with Crippen molar-refractivity contribution in [2.45, 2.75) is 49.2 Å². The van der Waals surface area contributed by atoms with Gasteiger partial charge < -0.3 is 9.63 Å². The van der Waals surface area contributed by atoms with E-state index >= 15 is 0 Å². The Bertz CT molecular complexity index is 1250.